The topological polar surface area (TPSA) is 59.8 Å². The smallest absolute Gasteiger partial charge is 0.273 e. The first kappa shape index (κ1) is 15.5. The molecule has 0 radical (unpaired) electrons. The molecule has 0 saturated heterocycles. The summed E-state index contributed by atoms with van der Waals surface area (Å²) >= 11 is 12.4. The van der Waals surface area contributed by atoms with E-state index in [1.807, 2.05) is 11.5 Å². The summed E-state index contributed by atoms with van der Waals surface area (Å²) in [5.74, 6) is 0.0845. The average Bonchev–Trinajstić information content (AvgIpc) is 2.74. The molecule has 8 heteroatoms. The number of hydrogen-bond donors (Lipinski definition) is 1. The van der Waals surface area contributed by atoms with Crippen molar-refractivity contribution < 1.29 is 4.79 Å². The summed E-state index contributed by atoms with van der Waals surface area (Å²) in [6.45, 7) is 2.76. The largest absolute Gasteiger partial charge is 0.342 e. The van der Waals surface area contributed by atoms with E-state index >= 15 is 0 Å². The normalized spacial score (nSPS) is 10.6. The van der Waals surface area contributed by atoms with Gasteiger partial charge in [-0.25, -0.2) is 9.97 Å². The standard InChI is InChI=1S/C12H11Br2ClN4O/c1-2-3-19-6-7(15)4-8(19)12(20)18-11-10(14)17-9(13)5-16-11/h4-6H,2-3H2,1H3,(H,16,18,20). The van der Waals surface area contributed by atoms with Crippen molar-refractivity contribution in [2.45, 2.75) is 19.9 Å². The Morgan fingerprint density at radius 3 is 2.90 bits per heavy atom. The number of hydrogen-bond acceptors (Lipinski definition) is 3. The molecule has 2 rings (SSSR count). The van der Waals surface area contributed by atoms with Gasteiger partial charge in [0.2, 0.25) is 0 Å². The number of amides is 1. The van der Waals surface area contributed by atoms with Crippen LogP contribution in [0.5, 0.6) is 0 Å². The summed E-state index contributed by atoms with van der Waals surface area (Å²) in [6.07, 6.45) is 4.16. The molecule has 0 atom stereocenters. The Hall–Kier alpha value is -0.920. The van der Waals surface area contributed by atoms with Gasteiger partial charge in [-0.05, 0) is 44.3 Å². The monoisotopic (exact) mass is 420 g/mol. The van der Waals surface area contributed by atoms with Gasteiger partial charge in [0, 0.05) is 12.7 Å². The number of nitrogens with zero attached hydrogens (tertiary/aromatic N) is 3. The van der Waals surface area contributed by atoms with E-state index in [1.54, 1.807) is 12.3 Å². The van der Waals surface area contributed by atoms with Gasteiger partial charge in [0.25, 0.3) is 5.91 Å². The zero-order chi connectivity index (χ0) is 14.7. The third-order valence-corrected chi connectivity index (χ3v) is 3.63. The molecule has 0 fully saturated rings. The van der Waals surface area contributed by atoms with Crippen LogP contribution in [0.1, 0.15) is 23.8 Å². The van der Waals surface area contributed by atoms with E-state index in [0.717, 1.165) is 13.0 Å². The molecule has 0 aromatic carbocycles. The minimum atomic E-state index is -0.275. The fourth-order valence-electron chi connectivity index (χ4n) is 1.69. The van der Waals surface area contributed by atoms with Crippen molar-refractivity contribution in [3.05, 3.63) is 38.4 Å². The number of carbonyl (C=O) groups is 1. The van der Waals surface area contributed by atoms with Gasteiger partial charge >= 0.3 is 0 Å². The van der Waals surface area contributed by atoms with Gasteiger partial charge < -0.3 is 9.88 Å². The maximum Gasteiger partial charge on any atom is 0.273 e. The lowest BCUT2D eigenvalue weighted by atomic mass is 10.3. The maximum atomic E-state index is 12.3. The van der Waals surface area contributed by atoms with E-state index in [4.69, 9.17) is 11.6 Å². The Labute approximate surface area is 138 Å². The Morgan fingerprint density at radius 2 is 2.25 bits per heavy atom. The van der Waals surface area contributed by atoms with Crippen LogP contribution >= 0.6 is 43.5 Å². The lowest BCUT2D eigenvalue weighted by molar-refractivity contribution is 0.101. The molecule has 2 aromatic heterocycles. The molecule has 106 valence electrons. The molecule has 0 aliphatic rings. The first-order chi connectivity index (χ1) is 9.51. The molecule has 5 nitrogen and oxygen atoms in total. The van der Waals surface area contributed by atoms with Crippen molar-refractivity contribution in [3.63, 3.8) is 0 Å². The second kappa shape index (κ2) is 6.69. The van der Waals surface area contributed by atoms with Crippen molar-refractivity contribution in [3.8, 4) is 0 Å². The van der Waals surface area contributed by atoms with E-state index in [0.29, 0.717) is 25.7 Å². The fraction of sp³-hybridized carbons (Fsp3) is 0.250. The molecular weight excluding hydrogens is 411 g/mol. The van der Waals surface area contributed by atoms with Gasteiger partial charge in [-0.2, -0.15) is 0 Å². The van der Waals surface area contributed by atoms with Gasteiger partial charge in [-0.15, -0.1) is 0 Å². The summed E-state index contributed by atoms with van der Waals surface area (Å²) in [5.41, 5.74) is 0.494. The second-order valence-electron chi connectivity index (χ2n) is 4.02. The summed E-state index contributed by atoms with van der Waals surface area (Å²) in [5, 5.41) is 3.24. The lowest BCUT2D eigenvalue weighted by Crippen LogP contribution is -2.18. The number of aryl methyl sites for hydroxylation is 1. The van der Waals surface area contributed by atoms with Crippen LogP contribution < -0.4 is 5.32 Å². The number of aromatic nitrogens is 3. The highest BCUT2D eigenvalue weighted by Gasteiger charge is 2.15. The number of carbonyl (C=O) groups excluding carboxylic acids is 1. The molecule has 0 bridgehead atoms. The SMILES string of the molecule is CCCn1cc(Cl)cc1C(=O)Nc1ncc(Br)nc1Br. The molecule has 2 aromatic rings. The van der Waals surface area contributed by atoms with Crippen LogP contribution in [-0.4, -0.2) is 20.4 Å². The summed E-state index contributed by atoms with van der Waals surface area (Å²) < 4.78 is 2.86. The molecule has 0 saturated carbocycles. The number of rotatable bonds is 4. The van der Waals surface area contributed by atoms with Gasteiger partial charge in [0.15, 0.2) is 5.82 Å². The van der Waals surface area contributed by atoms with Gasteiger partial charge in [0.05, 0.1) is 11.2 Å². The van der Waals surface area contributed by atoms with Crippen molar-refractivity contribution in [2.24, 2.45) is 0 Å². The van der Waals surface area contributed by atoms with Crippen molar-refractivity contribution in [1.29, 1.82) is 0 Å². The van der Waals surface area contributed by atoms with E-state index in [9.17, 15) is 4.79 Å². The van der Waals surface area contributed by atoms with Crippen molar-refractivity contribution >= 4 is 55.2 Å². The number of anilines is 1. The third kappa shape index (κ3) is 3.59. The Morgan fingerprint density at radius 1 is 1.50 bits per heavy atom. The van der Waals surface area contributed by atoms with Crippen LogP contribution in [0.4, 0.5) is 5.82 Å². The highest BCUT2D eigenvalue weighted by atomic mass is 79.9. The average molecular weight is 423 g/mol. The van der Waals surface area contributed by atoms with E-state index in [1.165, 1.54) is 6.20 Å². The highest BCUT2D eigenvalue weighted by Crippen LogP contribution is 2.21. The van der Waals surface area contributed by atoms with Gasteiger partial charge in [0.1, 0.15) is 14.9 Å². The molecule has 0 aliphatic heterocycles. The number of halogens is 3. The molecule has 0 aliphatic carbocycles. The van der Waals surface area contributed by atoms with Crippen LogP contribution in [0, 0.1) is 0 Å². The second-order valence-corrected chi connectivity index (χ2v) is 6.02. The number of nitrogens with one attached hydrogen (secondary N) is 1. The molecule has 0 spiro atoms. The Kier molecular flexibility index (Phi) is 5.17. The Balaban J connectivity index is 2.23. The maximum absolute atomic E-state index is 12.3. The van der Waals surface area contributed by atoms with Crippen molar-refractivity contribution in [2.75, 3.05) is 5.32 Å². The molecular formula is C12H11Br2ClN4O. The predicted octanol–water partition coefficient (Wildman–Crippen LogP) is 4.12. The zero-order valence-electron chi connectivity index (χ0n) is 10.5. The van der Waals surface area contributed by atoms with Gasteiger partial charge in [-0.1, -0.05) is 18.5 Å². The first-order valence-electron chi connectivity index (χ1n) is 5.86. The summed E-state index contributed by atoms with van der Waals surface area (Å²) in [4.78, 5) is 20.5. The van der Waals surface area contributed by atoms with Crippen LogP contribution in [0.3, 0.4) is 0 Å². The van der Waals surface area contributed by atoms with Crippen LogP contribution in [-0.2, 0) is 6.54 Å². The van der Waals surface area contributed by atoms with E-state index < -0.39 is 0 Å². The Bertz CT molecular complexity index is 644. The summed E-state index contributed by atoms with van der Waals surface area (Å²) in [7, 11) is 0. The van der Waals surface area contributed by atoms with E-state index in [2.05, 4.69) is 47.1 Å². The minimum absolute atomic E-state index is 0.275. The molecule has 0 unspecified atom stereocenters. The fourth-order valence-corrected chi connectivity index (χ4v) is 2.82. The quantitative estimate of drug-likeness (QED) is 0.806. The molecule has 20 heavy (non-hydrogen) atoms. The predicted molar refractivity (Wildman–Crippen MR) is 85.1 cm³/mol. The highest BCUT2D eigenvalue weighted by molar-refractivity contribution is 9.11. The summed E-state index contributed by atoms with van der Waals surface area (Å²) in [6, 6.07) is 1.63. The minimum Gasteiger partial charge on any atom is -0.342 e. The molecule has 2 heterocycles. The first-order valence-corrected chi connectivity index (χ1v) is 7.82. The van der Waals surface area contributed by atoms with Gasteiger partial charge in [-0.3, -0.25) is 4.79 Å². The third-order valence-electron chi connectivity index (χ3n) is 2.49. The van der Waals surface area contributed by atoms with E-state index in [-0.39, 0.29) is 5.91 Å². The van der Waals surface area contributed by atoms with Crippen LogP contribution in [0.2, 0.25) is 5.02 Å². The zero-order valence-corrected chi connectivity index (χ0v) is 14.5. The molecule has 1 amide bonds. The lowest BCUT2D eigenvalue weighted by Gasteiger charge is -2.09. The van der Waals surface area contributed by atoms with Crippen LogP contribution in [0.15, 0.2) is 27.7 Å². The van der Waals surface area contributed by atoms with Crippen molar-refractivity contribution in [1.82, 2.24) is 14.5 Å². The van der Waals surface area contributed by atoms with Crippen LogP contribution in [0.25, 0.3) is 0 Å². The molecule has 1 N–H and O–H groups in total.